The predicted molar refractivity (Wildman–Crippen MR) is 62.7 cm³/mol. The maximum Gasteiger partial charge on any atom is 0.0669 e. The first-order valence-corrected chi connectivity index (χ1v) is 5.50. The van der Waals surface area contributed by atoms with Crippen LogP contribution in [0.4, 0.5) is 0 Å². The highest BCUT2D eigenvalue weighted by Gasteiger charge is 2.15. The summed E-state index contributed by atoms with van der Waals surface area (Å²) in [5, 5.41) is 13.2. The number of aliphatic hydroxyl groups is 1. The van der Waals surface area contributed by atoms with E-state index in [0.29, 0.717) is 18.1 Å². The van der Waals surface area contributed by atoms with Gasteiger partial charge < -0.3 is 10.4 Å². The zero-order valence-electron chi connectivity index (χ0n) is 8.98. The SMILES string of the molecule is CC(C)(C)CC(O)CNCC(Cl)=CCl. The van der Waals surface area contributed by atoms with E-state index >= 15 is 0 Å². The average molecular weight is 240 g/mol. The van der Waals surface area contributed by atoms with Crippen LogP contribution < -0.4 is 5.32 Å². The van der Waals surface area contributed by atoms with Gasteiger partial charge in [-0.15, -0.1) is 0 Å². The van der Waals surface area contributed by atoms with Crippen LogP contribution >= 0.6 is 23.2 Å². The molecule has 2 N–H and O–H groups in total. The minimum atomic E-state index is -0.338. The lowest BCUT2D eigenvalue weighted by Gasteiger charge is -2.22. The third kappa shape index (κ3) is 8.82. The third-order valence-electron chi connectivity index (χ3n) is 1.64. The molecule has 0 aliphatic rings. The monoisotopic (exact) mass is 239 g/mol. The second kappa shape index (κ2) is 6.67. The highest BCUT2D eigenvalue weighted by atomic mass is 35.5. The van der Waals surface area contributed by atoms with Crippen LogP contribution in [0.15, 0.2) is 10.6 Å². The van der Waals surface area contributed by atoms with E-state index in [1.165, 1.54) is 5.54 Å². The summed E-state index contributed by atoms with van der Waals surface area (Å²) in [5.74, 6) is 0. The Kier molecular flexibility index (Phi) is 6.79. The van der Waals surface area contributed by atoms with Crippen LogP contribution in [0.2, 0.25) is 0 Å². The molecule has 2 nitrogen and oxygen atoms in total. The lowest BCUT2D eigenvalue weighted by molar-refractivity contribution is 0.121. The molecule has 0 amide bonds. The zero-order chi connectivity index (χ0) is 11.2. The van der Waals surface area contributed by atoms with E-state index in [1.54, 1.807) is 0 Å². The second-order valence-electron chi connectivity index (χ2n) is 4.61. The van der Waals surface area contributed by atoms with Gasteiger partial charge in [0.25, 0.3) is 0 Å². The van der Waals surface area contributed by atoms with Crippen molar-refractivity contribution >= 4 is 23.2 Å². The molecule has 1 atom stereocenters. The van der Waals surface area contributed by atoms with E-state index in [1.807, 2.05) is 0 Å². The number of halogens is 2. The predicted octanol–water partition coefficient (Wildman–Crippen LogP) is 2.69. The number of nitrogens with one attached hydrogen (secondary N) is 1. The van der Waals surface area contributed by atoms with Crippen molar-refractivity contribution in [2.75, 3.05) is 13.1 Å². The summed E-state index contributed by atoms with van der Waals surface area (Å²) in [5.41, 5.74) is 1.47. The van der Waals surface area contributed by atoms with E-state index in [2.05, 4.69) is 26.1 Å². The second-order valence-corrected chi connectivity index (χ2v) is 5.31. The molecule has 0 aromatic rings. The Balaban J connectivity index is 3.60. The Labute approximate surface area is 96.3 Å². The van der Waals surface area contributed by atoms with Crippen molar-refractivity contribution in [2.24, 2.45) is 5.41 Å². The fourth-order valence-corrected chi connectivity index (χ4v) is 1.35. The lowest BCUT2D eigenvalue weighted by atomic mass is 9.89. The summed E-state index contributed by atoms with van der Waals surface area (Å²) in [6.45, 7) is 7.34. The Morgan fingerprint density at radius 3 is 2.50 bits per heavy atom. The molecule has 0 aliphatic heterocycles. The fourth-order valence-electron chi connectivity index (χ4n) is 1.18. The van der Waals surface area contributed by atoms with Gasteiger partial charge in [-0.25, -0.2) is 0 Å². The highest BCUT2D eigenvalue weighted by molar-refractivity contribution is 6.36. The number of hydrogen-bond acceptors (Lipinski definition) is 2. The largest absolute Gasteiger partial charge is 0.392 e. The molecular weight excluding hydrogens is 221 g/mol. The van der Waals surface area contributed by atoms with Gasteiger partial charge in [-0.2, -0.15) is 0 Å². The maximum absolute atomic E-state index is 9.61. The van der Waals surface area contributed by atoms with Crippen LogP contribution in [0.25, 0.3) is 0 Å². The molecule has 0 rings (SSSR count). The van der Waals surface area contributed by atoms with Gasteiger partial charge in [0, 0.05) is 23.7 Å². The fraction of sp³-hybridized carbons (Fsp3) is 0.800. The Bertz CT molecular complexity index is 187. The Morgan fingerprint density at radius 1 is 1.50 bits per heavy atom. The van der Waals surface area contributed by atoms with Crippen molar-refractivity contribution in [2.45, 2.75) is 33.3 Å². The standard InChI is InChI=1S/C10H19Cl2NO/c1-10(2,3)4-9(14)7-13-6-8(12)5-11/h5,9,13-14H,4,6-7H2,1-3H3. The number of hydrogen-bond donors (Lipinski definition) is 2. The van der Waals surface area contributed by atoms with Crippen molar-refractivity contribution in [3.8, 4) is 0 Å². The molecule has 0 aliphatic carbocycles. The topological polar surface area (TPSA) is 32.3 Å². The van der Waals surface area contributed by atoms with Gasteiger partial charge in [0.05, 0.1) is 6.10 Å². The Hall–Kier alpha value is 0.240. The molecule has 0 aromatic heterocycles. The molecule has 0 heterocycles. The first kappa shape index (κ1) is 14.2. The van der Waals surface area contributed by atoms with Gasteiger partial charge >= 0.3 is 0 Å². The van der Waals surface area contributed by atoms with Crippen LogP contribution in [-0.2, 0) is 0 Å². The molecule has 0 radical (unpaired) electrons. The molecule has 0 spiro atoms. The minimum Gasteiger partial charge on any atom is -0.392 e. The van der Waals surface area contributed by atoms with E-state index in [9.17, 15) is 5.11 Å². The molecule has 0 saturated heterocycles. The van der Waals surface area contributed by atoms with Crippen molar-refractivity contribution in [1.29, 1.82) is 0 Å². The summed E-state index contributed by atoms with van der Waals surface area (Å²) in [4.78, 5) is 0. The zero-order valence-corrected chi connectivity index (χ0v) is 10.5. The summed E-state index contributed by atoms with van der Waals surface area (Å²) < 4.78 is 0. The molecule has 0 saturated carbocycles. The van der Waals surface area contributed by atoms with Gasteiger partial charge in [0.15, 0.2) is 0 Å². The van der Waals surface area contributed by atoms with Gasteiger partial charge in [0.2, 0.25) is 0 Å². The lowest BCUT2D eigenvalue weighted by Crippen LogP contribution is -2.30. The van der Waals surface area contributed by atoms with E-state index < -0.39 is 0 Å². The minimum absolute atomic E-state index is 0.146. The van der Waals surface area contributed by atoms with Gasteiger partial charge in [0.1, 0.15) is 0 Å². The highest BCUT2D eigenvalue weighted by Crippen LogP contribution is 2.20. The van der Waals surface area contributed by atoms with Crippen LogP contribution in [0.3, 0.4) is 0 Å². The van der Waals surface area contributed by atoms with Crippen molar-refractivity contribution in [3.63, 3.8) is 0 Å². The normalized spacial score (nSPS) is 15.7. The molecule has 0 aromatic carbocycles. The number of aliphatic hydroxyl groups excluding tert-OH is 1. The van der Waals surface area contributed by atoms with Gasteiger partial charge in [-0.3, -0.25) is 0 Å². The number of rotatable bonds is 5. The molecule has 4 heteroatoms. The van der Waals surface area contributed by atoms with Crippen molar-refractivity contribution in [3.05, 3.63) is 10.6 Å². The molecule has 0 bridgehead atoms. The van der Waals surface area contributed by atoms with Crippen LogP contribution in [0, 0.1) is 5.41 Å². The smallest absolute Gasteiger partial charge is 0.0669 e. The third-order valence-corrected chi connectivity index (χ3v) is 2.26. The summed E-state index contributed by atoms with van der Waals surface area (Å²) in [6.07, 6.45) is 0.428. The van der Waals surface area contributed by atoms with Crippen molar-refractivity contribution in [1.82, 2.24) is 5.32 Å². The summed E-state index contributed by atoms with van der Waals surface area (Å²) in [6, 6.07) is 0. The van der Waals surface area contributed by atoms with E-state index in [0.717, 1.165) is 6.42 Å². The first-order chi connectivity index (χ1) is 6.35. The quantitative estimate of drug-likeness (QED) is 0.774. The van der Waals surface area contributed by atoms with E-state index in [-0.39, 0.29) is 11.5 Å². The average Bonchev–Trinajstić information content (AvgIpc) is 2.00. The van der Waals surface area contributed by atoms with Crippen LogP contribution in [0.1, 0.15) is 27.2 Å². The van der Waals surface area contributed by atoms with Crippen LogP contribution in [-0.4, -0.2) is 24.3 Å². The molecule has 0 fully saturated rings. The summed E-state index contributed by atoms with van der Waals surface area (Å²) >= 11 is 11.0. The first-order valence-electron chi connectivity index (χ1n) is 4.68. The molecule has 84 valence electrons. The van der Waals surface area contributed by atoms with Crippen molar-refractivity contribution < 1.29 is 5.11 Å². The van der Waals surface area contributed by atoms with Crippen LogP contribution in [0.5, 0.6) is 0 Å². The van der Waals surface area contributed by atoms with Gasteiger partial charge in [-0.05, 0) is 11.8 Å². The molecule has 14 heavy (non-hydrogen) atoms. The van der Waals surface area contributed by atoms with E-state index in [4.69, 9.17) is 23.2 Å². The van der Waals surface area contributed by atoms with Gasteiger partial charge in [-0.1, -0.05) is 44.0 Å². The molecular formula is C10H19Cl2NO. The Morgan fingerprint density at radius 2 is 2.07 bits per heavy atom. The summed E-state index contributed by atoms with van der Waals surface area (Å²) in [7, 11) is 0. The maximum atomic E-state index is 9.61. The molecule has 1 unspecified atom stereocenters.